The van der Waals surface area contributed by atoms with Gasteiger partial charge in [0.05, 0.1) is 12.7 Å². The Morgan fingerprint density at radius 1 is 1.34 bits per heavy atom. The summed E-state index contributed by atoms with van der Waals surface area (Å²) in [4.78, 5) is 8.77. The molecule has 0 aromatic carbocycles. The number of likely N-dealkylation sites (N-methyl/N-ethyl adjacent to an activating group) is 1. The summed E-state index contributed by atoms with van der Waals surface area (Å²) in [5.74, 6) is 1.07. The topological polar surface area (TPSA) is 74.8 Å². The van der Waals surface area contributed by atoms with Gasteiger partial charge in [0.1, 0.15) is 10.7 Å². The average Bonchev–Trinajstić information content (AvgIpc) is 3.14. The fourth-order valence-corrected chi connectivity index (χ4v) is 6.66. The van der Waals surface area contributed by atoms with Crippen molar-refractivity contribution in [3.8, 4) is 0 Å². The van der Waals surface area contributed by atoms with Crippen LogP contribution in [0.15, 0.2) is 21.6 Å². The number of rotatable bonds is 7. The van der Waals surface area contributed by atoms with Crippen LogP contribution in [-0.4, -0.2) is 70.3 Å². The Bertz CT molecular complexity index is 810. The fourth-order valence-electron chi connectivity index (χ4n) is 4.57. The molecule has 1 N–H and O–H groups in total. The number of nitrogens with zero attached hydrogens (tertiary/aromatic N) is 3. The van der Waals surface area contributed by atoms with Crippen molar-refractivity contribution in [3.05, 3.63) is 16.7 Å². The maximum absolute atomic E-state index is 13.3. The highest BCUT2D eigenvalue weighted by Crippen LogP contribution is 2.33. The predicted octanol–water partition coefficient (Wildman–Crippen LogP) is 2.86. The molecule has 29 heavy (non-hydrogen) atoms. The maximum Gasteiger partial charge on any atom is 0.244 e. The van der Waals surface area contributed by atoms with E-state index in [0.717, 1.165) is 0 Å². The number of ether oxygens (including phenoxy) is 1. The number of anilines is 1. The number of nitrogens with one attached hydrogen (secondary N) is 1. The molecule has 1 atom stereocenters. The minimum Gasteiger partial charge on any atom is -0.374 e. The monoisotopic (exact) mass is 488 g/mol. The number of morpholine rings is 1. The minimum atomic E-state index is -3.75. The van der Waals surface area contributed by atoms with Crippen LogP contribution < -0.4 is 9.62 Å². The Morgan fingerprint density at radius 2 is 2.03 bits per heavy atom. The van der Waals surface area contributed by atoms with Gasteiger partial charge in [0.15, 0.2) is 0 Å². The van der Waals surface area contributed by atoms with Gasteiger partial charge in [-0.1, -0.05) is 12.8 Å². The van der Waals surface area contributed by atoms with E-state index in [1.807, 2.05) is 32.8 Å². The van der Waals surface area contributed by atoms with Crippen LogP contribution in [0.25, 0.3) is 0 Å². The summed E-state index contributed by atoms with van der Waals surface area (Å²) in [7, 11) is 0.105. The van der Waals surface area contributed by atoms with Gasteiger partial charge in [0.2, 0.25) is 10.0 Å². The van der Waals surface area contributed by atoms with Crippen LogP contribution in [0.5, 0.6) is 0 Å². The molecule has 2 aliphatic rings. The highest BCUT2D eigenvalue weighted by Gasteiger charge is 2.34. The fraction of sp³-hybridized carbons (Fsp3) is 0.750. The van der Waals surface area contributed by atoms with E-state index in [2.05, 4.69) is 30.5 Å². The lowest BCUT2D eigenvalue weighted by molar-refractivity contribution is 0.00295. The zero-order valence-corrected chi connectivity index (χ0v) is 20.2. The SMILES string of the molecule is CN(C)CC(C)(C)NS(=O)(=O)c1cc(Br)cnc1N1CCOC(C2CCCC2)C1. The first kappa shape index (κ1) is 22.9. The van der Waals surface area contributed by atoms with E-state index in [-0.39, 0.29) is 11.0 Å². The van der Waals surface area contributed by atoms with E-state index in [9.17, 15) is 8.42 Å². The van der Waals surface area contributed by atoms with E-state index in [4.69, 9.17) is 4.74 Å². The number of pyridine rings is 1. The van der Waals surface area contributed by atoms with Gasteiger partial charge in [-0.15, -0.1) is 0 Å². The van der Waals surface area contributed by atoms with Gasteiger partial charge >= 0.3 is 0 Å². The lowest BCUT2D eigenvalue weighted by Gasteiger charge is -2.37. The summed E-state index contributed by atoms with van der Waals surface area (Å²) in [6.45, 7) is 6.29. The first-order valence-electron chi connectivity index (χ1n) is 10.3. The van der Waals surface area contributed by atoms with Crippen LogP contribution in [0.3, 0.4) is 0 Å². The lowest BCUT2D eigenvalue weighted by atomic mass is 9.99. The van der Waals surface area contributed by atoms with Crippen molar-refractivity contribution >= 4 is 31.8 Å². The van der Waals surface area contributed by atoms with Crippen LogP contribution in [0, 0.1) is 5.92 Å². The van der Waals surface area contributed by atoms with Crippen LogP contribution in [0.4, 0.5) is 5.82 Å². The van der Waals surface area contributed by atoms with E-state index in [1.54, 1.807) is 12.3 Å². The van der Waals surface area contributed by atoms with Gasteiger partial charge in [0, 0.05) is 35.8 Å². The zero-order valence-electron chi connectivity index (χ0n) is 17.8. The molecule has 1 aromatic rings. The Kier molecular flexibility index (Phi) is 7.26. The second-order valence-corrected chi connectivity index (χ2v) is 11.7. The smallest absolute Gasteiger partial charge is 0.244 e. The molecule has 1 aliphatic carbocycles. The number of hydrogen-bond donors (Lipinski definition) is 1. The largest absolute Gasteiger partial charge is 0.374 e. The van der Waals surface area contributed by atoms with Crippen molar-refractivity contribution in [1.29, 1.82) is 0 Å². The van der Waals surface area contributed by atoms with Gasteiger partial charge in [-0.25, -0.2) is 18.1 Å². The number of hydrogen-bond acceptors (Lipinski definition) is 6. The molecule has 0 bridgehead atoms. The normalized spacial score (nSPS) is 21.9. The first-order chi connectivity index (χ1) is 13.6. The van der Waals surface area contributed by atoms with Gasteiger partial charge < -0.3 is 14.5 Å². The number of sulfonamides is 1. The van der Waals surface area contributed by atoms with Crippen molar-refractivity contribution in [3.63, 3.8) is 0 Å². The molecule has 2 heterocycles. The Balaban J connectivity index is 1.87. The first-order valence-corrected chi connectivity index (χ1v) is 12.6. The van der Waals surface area contributed by atoms with Crippen LogP contribution in [-0.2, 0) is 14.8 Å². The van der Waals surface area contributed by atoms with Gasteiger partial charge in [-0.3, -0.25) is 0 Å². The Hall–Kier alpha value is -0.740. The molecular formula is C20H33BrN4O3S. The summed E-state index contributed by atoms with van der Waals surface area (Å²) in [6, 6.07) is 1.65. The van der Waals surface area contributed by atoms with E-state index >= 15 is 0 Å². The second-order valence-electron chi connectivity index (χ2n) is 9.10. The molecule has 9 heteroatoms. The van der Waals surface area contributed by atoms with Crippen molar-refractivity contribution in [2.24, 2.45) is 5.92 Å². The van der Waals surface area contributed by atoms with Crippen molar-refractivity contribution in [2.45, 2.75) is 56.1 Å². The molecule has 1 saturated carbocycles. The third kappa shape index (κ3) is 5.91. The number of halogens is 1. The standard InChI is InChI=1S/C20H33BrN4O3S/c1-20(2,14-24(3)4)23-29(26,27)18-11-16(21)12-22-19(18)25-9-10-28-17(13-25)15-7-5-6-8-15/h11-12,15,17,23H,5-10,13-14H2,1-4H3. The molecule has 1 aromatic heterocycles. The molecule has 0 spiro atoms. The Morgan fingerprint density at radius 3 is 2.69 bits per heavy atom. The molecule has 0 amide bonds. The third-order valence-electron chi connectivity index (χ3n) is 5.53. The van der Waals surface area contributed by atoms with Crippen molar-refractivity contribution in [1.82, 2.24) is 14.6 Å². The van der Waals surface area contributed by atoms with Gasteiger partial charge in [-0.2, -0.15) is 0 Å². The average molecular weight is 489 g/mol. The summed E-state index contributed by atoms with van der Waals surface area (Å²) in [6.07, 6.45) is 6.71. The summed E-state index contributed by atoms with van der Waals surface area (Å²) < 4.78 is 36.2. The zero-order chi connectivity index (χ0) is 21.2. The van der Waals surface area contributed by atoms with E-state index < -0.39 is 15.6 Å². The third-order valence-corrected chi connectivity index (χ3v) is 7.66. The molecular weight excluding hydrogens is 456 g/mol. The highest BCUT2D eigenvalue weighted by atomic mass is 79.9. The molecule has 0 radical (unpaired) electrons. The molecule has 1 saturated heterocycles. The van der Waals surface area contributed by atoms with Gasteiger partial charge in [0.25, 0.3) is 0 Å². The molecule has 164 valence electrons. The Labute approximate surface area is 183 Å². The molecule has 3 rings (SSSR count). The van der Waals surface area contributed by atoms with Crippen LogP contribution in [0.2, 0.25) is 0 Å². The molecule has 2 fully saturated rings. The van der Waals surface area contributed by atoms with E-state index in [1.165, 1.54) is 25.7 Å². The summed E-state index contributed by atoms with van der Waals surface area (Å²) >= 11 is 3.39. The molecule has 1 aliphatic heterocycles. The maximum atomic E-state index is 13.3. The minimum absolute atomic E-state index is 0.144. The van der Waals surface area contributed by atoms with E-state index in [0.29, 0.717) is 42.4 Å². The summed E-state index contributed by atoms with van der Waals surface area (Å²) in [5.41, 5.74) is -0.612. The van der Waals surface area contributed by atoms with Crippen LogP contribution >= 0.6 is 15.9 Å². The van der Waals surface area contributed by atoms with Crippen molar-refractivity contribution < 1.29 is 13.2 Å². The predicted molar refractivity (Wildman–Crippen MR) is 119 cm³/mol. The molecule has 7 nitrogen and oxygen atoms in total. The number of aromatic nitrogens is 1. The van der Waals surface area contributed by atoms with Gasteiger partial charge in [-0.05, 0) is 68.7 Å². The van der Waals surface area contributed by atoms with Crippen LogP contribution in [0.1, 0.15) is 39.5 Å². The lowest BCUT2D eigenvalue weighted by Crippen LogP contribution is -2.50. The summed E-state index contributed by atoms with van der Waals surface area (Å²) in [5, 5.41) is 0. The second kappa shape index (κ2) is 9.18. The highest BCUT2D eigenvalue weighted by molar-refractivity contribution is 9.10. The quantitative estimate of drug-likeness (QED) is 0.635. The van der Waals surface area contributed by atoms with Crippen molar-refractivity contribution in [2.75, 3.05) is 45.2 Å². The molecule has 1 unspecified atom stereocenters.